The average Bonchev–Trinajstić information content (AvgIpc) is 2.07. The minimum absolute atomic E-state index is 0.226. The van der Waals surface area contributed by atoms with Crippen LogP contribution in [0.25, 0.3) is 0 Å². The molecule has 0 saturated carbocycles. The number of rotatable bonds is 0. The normalized spacial score (nSPS) is 11.1. The van der Waals surface area contributed by atoms with Gasteiger partial charge in [0.15, 0.2) is 0 Å². The molecular weight excluding hydrogens is 178 g/mol. The Kier molecular flexibility index (Phi) is 2.43. The summed E-state index contributed by atoms with van der Waals surface area (Å²) in [5.74, 6) is 0. The highest BCUT2D eigenvalue weighted by Crippen LogP contribution is 2.21. The van der Waals surface area contributed by atoms with E-state index >= 15 is 0 Å². The largest absolute Gasteiger partial charge is 0.268 e. The van der Waals surface area contributed by atoms with Gasteiger partial charge in [0.05, 0.1) is 11.3 Å². The fourth-order valence-corrected chi connectivity index (χ4v) is 1.18. The first kappa shape index (κ1) is 10.5. The van der Waals surface area contributed by atoms with Gasteiger partial charge in [-0.2, -0.15) is 10.4 Å². The van der Waals surface area contributed by atoms with Gasteiger partial charge in [0.2, 0.25) is 0 Å². The van der Waals surface area contributed by atoms with Crippen LogP contribution in [0, 0.1) is 11.3 Å². The van der Waals surface area contributed by atoms with E-state index in [9.17, 15) is 4.79 Å². The van der Waals surface area contributed by atoms with Crippen LogP contribution in [0.5, 0.6) is 0 Å². The van der Waals surface area contributed by atoms with Crippen molar-refractivity contribution in [2.75, 3.05) is 0 Å². The molecule has 0 unspecified atom stereocenters. The summed E-state index contributed by atoms with van der Waals surface area (Å²) in [5, 5.41) is 13.0. The summed E-state index contributed by atoms with van der Waals surface area (Å²) < 4.78 is 1.25. The Morgan fingerprint density at radius 3 is 2.50 bits per heavy atom. The number of aromatic nitrogens is 2. The molecule has 0 aromatic carbocycles. The van der Waals surface area contributed by atoms with Crippen molar-refractivity contribution in [1.82, 2.24) is 9.78 Å². The van der Waals surface area contributed by atoms with E-state index in [1.807, 2.05) is 26.8 Å². The molecule has 0 aliphatic rings. The Labute approximate surface area is 82.8 Å². The molecule has 0 fully saturated rings. The molecule has 1 heterocycles. The maximum Gasteiger partial charge on any atom is 0.267 e. The summed E-state index contributed by atoms with van der Waals surface area (Å²) in [6, 6.07) is 3.32. The molecule has 4 heteroatoms. The summed E-state index contributed by atoms with van der Waals surface area (Å²) in [7, 11) is 1.58. The van der Waals surface area contributed by atoms with Gasteiger partial charge in [-0.15, -0.1) is 0 Å². The van der Waals surface area contributed by atoms with Crippen molar-refractivity contribution in [2.24, 2.45) is 7.05 Å². The monoisotopic (exact) mass is 191 g/mol. The van der Waals surface area contributed by atoms with Gasteiger partial charge in [0.1, 0.15) is 6.07 Å². The fourth-order valence-electron chi connectivity index (χ4n) is 1.18. The zero-order valence-corrected chi connectivity index (χ0v) is 8.83. The molecule has 0 spiro atoms. The number of hydrogen-bond acceptors (Lipinski definition) is 3. The van der Waals surface area contributed by atoms with Gasteiger partial charge in [-0.3, -0.25) is 4.79 Å². The third kappa shape index (κ3) is 1.82. The van der Waals surface area contributed by atoms with E-state index in [-0.39, 0.29) is 11.0 Å². The second-order valence-electron chi connectivity index (χ2n) is 4.23. The molecule has 0 saturated heterocycles. The van der Waals surface area contributed by atoms with Crippen molar-refractivity contribution in [3.8, 4) is 6.07 Å². The molecule has 0 radical (unpaired) electrons. The molecule has 4 nitrogen and oxygen atoms in total. The Bertz CT molecular complexity index is 446. The first-order valence-corrected chi connectivity index (χ1v) is 4.35. The summed E-state index contributed by atoms with van der Waals surface area (Å²) in [6.45, 7) is 5.88. The number of aryl methyl sites for hydroxylation is 1. The molecule has 0 aliphatic carbocycles. The highest BCUT2D eigenvalue weighted by Gasteiger charge is 2.21. The summed E-state index contributed by atoms with van der Waals surface area (Å²) >= 11 is 0. The fraction of sp³-hybridized carbons (Fsp3) is 0.500. The van der Waals surface area contributed by atoms with Crippen LogP contribution < -0.4 is 5.56 Å². The Balaban J connectivity index is 3.53. The SMILES string of the molecule is Cn1nc(C(C)(C)C)c(C#N)cc1=O. The lowest BCUT2D eigenvalue weighted by molar-refractivity contribution is 0.529. The molecule has 0 amide bonds. The highest BCUT2D eigenvalue weighted by atomic mass is 16.1. The van der Waals surface area contributed by atoms with Gasteiger partial charge in [0.25, 0.3) is 5.56 Å². The maximum atomic E-state index is 11.2. The van der Waals surface area contributed by atoms with E-state index in [0.29, 0.717) is 11.3 Å². The first-order valence-electron chi connectivity index (χ1n) is 4.35. The average molecular weight is 191 g/mol. The van der Waals surface area contributed by atoms with E-state index in [2.05, 4.69) is 5.10 Å². The Morgan fingerprint density at radius 1 is 1.50 bits per heavy atom. The van der Waals surface area contributed by atoms with Crippen LogP contribution in [0.3, 0.4) is 0 Å². The van der Waals surface area contributed by atoms with Crippen molar-refractivity contribution in [3.63, 3.8) is 0 Å². The van der Waals surface area contributed by atoms with Crippen molar-refractivity contribution in [1.29, 1.82) is 5.26 Å². The van der Waals surface area contributed by atoms with Gasteiger partial charge < -0.3 is 0 Å². The predicted octanol–water partition coefficient (Wildman–Crippen LogP) is 0.949. The highest BCUT2D eigenvalue weighted by molar-refractivity contribution is 5.35. The lowest BCUT2D eigenvalue weighted by atomic mass is 9.89. The molecule has 0 atom stereocenters. The minimum Gasteiger partial charge on any atom is -0.268 e. The predicted molar refractivity (Wildman–Crippen MR) is 52.9 cm³/mol. The minimum atomic E-state index is -0.255. The van der Waals surface area contributed by atoms with E-state index in [4.69, 9.17) is 5.26 Å². The Morgan fingerprint density at radius 2 is 2.07 bits per heavy atom. The lowest BCUT2D eigenvalue weighted by Gasteiger charge is -2.18. The quantitative estimate of drug-likeness (QED) is 0.613. The number of hydrogen-bond donors (Lipinski definition) is 0. The van der Waals surface area contributed by atoms with Crippen molar-refractivity contribution < 1.29 is 0 Å². The van der Waals surface area contributed by atoms with Crippen molar-refractivity contribution in [3.05, 3.63) is 27.7 Å². The molecule has 0 bridgehead atoms. The van der Waals surface area contributed by atoms with E-state index in [1.54, 1.807) is 7.05 Å². The first-order chi connectivity index (χ1) is 6.36. The van der Waals surface area contributed by atoms with Crippen LogP contribution in [0.2, 0.25) is 0 Å². The van der Waals surface area contributed by atoms with E-state index in [1.165, 1.54) is 10.7 Å². The third-order valence-corrected chi connectivity index (χ3v) is 1.92. The summed E-state index contributed by atoms with van der Waals surface area (Å²) in [6.07, 6.45) is 0. The Hall–Kier alpha value is -1.63. The second-order valence-corrected chi connectivity index (χ2v) is 4.23. The van der Waals surface area contributed by atoms with Crippen molar-refractivity contribution in [2.45, 2.75) is 26.2 Å². The van der Waals surface area contributed by atoms with Gasteiger partial charge in [0, 0.05) is 18.5 Å². The maximum absolute atomic E-state index is 11.2. The topological polar surface area (TPSA) is 58.7 Å². The standard InChI is InChI=1S/C10H13N3O/c1-10(2,3)9-7(6-11)5-8(14)13(4)12-9/h5H,1-4H3. The number of nitriles is 1. The van der Waals surface area contributed by atoms with Crippen molar-refractivity contribution >= 4 is 0 Å². The molecule has 14 heavy (non-hydrogen) atoms. The van der Waals surface area contributed by atoms with Gasteiger partial charge >= 0.3 is 0 Å². The van der Waals surface area contributed by atoms with Crippen LogP contribution in [0.15, 0.2) is 10.9 Å². The van der Waals surface area contributed by atoms with Gasteiger partial charge in [-0.1, -0.05) is 20.8 Å². The molecule has 1 aromatic heterocycles. The molecule has 0 aliphatic heterocycles. The van der Waals surface area contributed by atoms with E-state index < -0.39 is 0 Å². The smallest absolute Gasteiger partial charge is 0.267 e. The molecule has 0 N–H and O–H groups in total. The zero-order valence-electron chi connectivity index (χ0n) is 8.83. The molecule has 74 valence electrons. The molecular formula is C10H13N3O. The van der Waals surface area contributed by atoms with Gasteiger partial charge in [-0.05, 0) is 0 Å². The molecule has 1 rings (SSSR count). The molecule has 1 aromatic rings. The number of nitrogens with zero attached hydrogens (tertiary/aromatic N) is 3. The summed E-state index contributed by atoms with van der Waals surface area (Å²) in [4.78, 5) is 11.2. The lowest BCUT2D eigenvalue weighted by Crippen LogP contribution is -2.26. The van der Waals surface area contributed by atoms with Crippen LogP contribution in [0.1, 0.15) is 32.0 Å². The second kappa shape index (κ2) is 3.26. The zero-order chi connectivity index (χ0) is 10.9. The van der Waals surface area contributed by atoms with Crippen LogP contribution in [-0.2, 0) is 12.5 Å². The van der Waals surface area contributed by atoms with E-state index in [0.717, 1.165) is 0 Å². The van der Waals surface area contributed by atoms with Crippen LogP contribution in [0.4, 0.5) is 0 Å². The van der Waals surface area contributed by atoms with Crippen LogP contribution in [-0.4, -0.2) is 9.78 Å². The summed E-state index contributed by atoms with van der Waals surface area (Å²) in [5.41, 5.74) is 0.536. The third-order valence-electron chi connectivity index (χ3n) is 1.92. The van der Waals surface area contributed by atoms with Gasteiger partial charge in [-0.25, -0.2) is 4.68 Å². The van der Waals surface area contributed by atoms with Crippen LogP contribution >= 0.6 is 0 Å².